The van der Waals surface area contributed by atoms with Crippen LogP contribution < -0.4 is 0 Å². The number of aryl methyl sites for hydroxylation is 1. The zero-order valence-electron chi connectivity index (χ0n) is 11.2. The van der Waals surface area contributed by atoms with Crippen molar-refractivity contribution in [3.8, 4) is 5.75 Å². The number of benzene rings is 1. The molecule has 106 valence electrons. The highest BCUT2D eigenvalue weighted by Crippen LogP contribution is 2.34. The predicted octanol–water partition coefficient (Wildman–Crippen LogP) is 2.88. The van der Waals surface area contributed by atoms with E-state index in [1.54, 1.807) is 6.07 Å². The van der Waals surface area contributed by atoms with Crippen LogP contribution in [0.15, 0.2) is 12.1 Å². The Bertz CT molecular complexity index is 432. The molecule has 1 heterocycles. The van der Waals surface area contributed by atoms with Crippen molar-refractivity contribution < 1.29 is 5.11 Å². The van der Waals surface area contributed by atoms with E-state index in [-0.39, 0.29) is 10.8 Å². The molecule has 1 N–H and O–H groups in total. The number of halogens is 2. The van der Waals surface area contributed by atoms with Crippen molar-refractivity contribution in [2.24, 2.45) is 0 Å². The molecule has 3 nitrogen and oxygen atoms in total. The molecule has 0 saturated carbocycles. The maximum Gasteiger partial charge on any atom is 0.135 e. The molecule has 5 heteroatoms. The highest BCUT2D eigenvalue weighted by atomic mass is 35.5. The molecule has 0 spiro atoms. The molecule has 1 aliphatic rings. The van der Waals surface area contributed by atoms with Crippen LogP contribution in [-0.4, -0.2) is 54.7 Å². The van der Waals surface area contributed by atoms with E-state index < -0.39 is 0 Å². The Labute approximate surface area is 124 Å². The highest BCUT2D eigenvalue weighted by Gasteiger charge is 2.14. The molecule has 0 unspecified atom stereocenters. The first kappa shape index (κ1) is 14.9. The second kappa shape index (κ2) is 6.80. The smallest absolute Gasteiger partial charge is 0.135 e. The molecule has 0 radical (unpaired) electrons. The van der Waals surface area contributed by atoms with E-state index >= 15 is 0 Å². The van der Waals surface area contributed by atoms with Crippen LogP contribution in [0.3, 0.4) is 0 Å². The average molecular weight is 303 g/mol. The van der Waals surface area contributed by atoms with Crippen LogP contribution in [0.25, 0.3) is 0 Å². The van der Waals surface area contributed by atoms with Gasteiger partial charge in [-0.2, -0.15) is 0 Å². The quantitative estimate of drug-likeness (QED) is 0.926. The molecule has 1 saturated heterocycles. The van der Waals surface area contributed by atoms with Gasteiger partial charge in [-0.05, 0) is 38.1 Å². The summed E-state index contributed by atoms with van der Waals surface area (Å²) in [6.07, 6.45) is 1.95. The Balaban J connectivity index is 1.81. The first-order chi connectivity index (χ1) is 9.08. The summed E-state index contributed by atoms with van der Waals surface area (Å²) in [7, 11) is 2.16. The minimum atomic E-state index is 0.0504. The maximum absolute atomic E-state index is 9.45. The number of piperazine rings is 1. The second-order valence-electron chi connectivity index (χ2n) is 5.12. The standard InChI is InChI=1S/C14H20Cl2N2O/c1-17-7-9-18(10-8-17)6-2-3-11-4-5-12(19)14(16)13(11)15/h4-5,19H,2-3,6-10H2,1H3. The van der Waals surface area contributed by atoms with Gasteiger partial charge in [0.25, 0.3) is 0 Å². The summed E-state index contributed by atoms with van der Waals surface area (Å²) >= 11 is 12.1. The Hall–Kier alpha value is -0.480. The zero-order valence-corrected chi connectivity index (χ0v) is 12.7. The highest BCUT2D eigenvalue weighted by molar-refractivity contribution is 6.43. The van der Waals surface area contributed by atoms with Crippen LogP contribution in [0.4, 0.5) is 0 Å². The number of aromatic hydroxyl groups is 1. The molecule has 1 aromatic rings. The fraction of sp³-hybridized carbons (Fsp3) is 0.571. The van der Waals surface area contributed by atoms with Gasteiger partial charge in [-0.15, -0.1) is 0 Å². The number of hydrogen-bond acceptors (Lipinski definition) is 3. The zero-order chi connectivity index (χ0) is 13.8. The normalized spacial score (nSPS) is 17.8. The molecule has 0 amide bonds. The minimum absolute atomic E-state index is 0.0504. The van der Waals surface area contributed by atoms with Crippen LogP contribution in [0.5, 0.6) is 5.75 Å². The van der Waals surface area contributed by atoms with Gasteiger partial charge in [0.1, 0.15) is 10.8 Å². The summed E-state index contributed by atoms with van der Waals surface area (Å²) in [6, 6.07) is 3.47. The van der Waals surface area contributed by atoms with E-state index in [2.05, 4.69) is 16.8 Å². The first-order valence-corrected chi connectivity index (χ1v) is 7.40. The number of rotatable bonds is 4. The van der Waals surface area contributed by atoms with E-state index in [1.807, 2.05) is 6.07 Å². The van der Waals surface area contributed by atoms with Gasteiger partial charge in [-0.3, -0.25) is 0 Å². The van der Waals surface area contributed by atoms with E-state index in [1.165, 1.54) is 0 Å². The minimum Gasteiger partial charge on any atom is -0.506 e. The summed E-state index contributed by atoms with van der Waals surface area (Å²) in [5, 5.41) is 10.2. The summed E-state index contributed by atoms with van der Waals surface area (Å²) in [4.78, 5) is 4.84. The second-order valence-corrected chi connectivity index (χ2v) is 5.88. The monoisotopic (exact) mass is 302 g/mol. The van der Waals surface area contributed by atoms with Crippen molar-refractivity contribution in [1.82, 2.24) is 9.80 Å². The molecule has 1 aromatic carbocycles. The third kappa shape index (κ3) is 3.99. The number of phenolic OH excluding ortho intramolecular Hbond substituents is 1. The van der Waals surface area contributed by atoms with Crippen molar-refractivity contribution in [3.63, 3.8) is 0 Å². The lowest BCUT2D eigenvalue weighted by molar-refractivity contribution is 0.153. The van der Waals surface area contributed by atoms with E-state index in [0.29, 0.717) is 5.02 Å². The lowest BCUT2D eigenvalue weighted by Gasteiger charge is -2.32. The maximum atomic E-state index is 9.45. The van der Waals surface area contributed by atoms with Gasteiger partial charge in [0.2, 0.25) is 0 Å². The van der Waals surface area contributed by atoms with Gasteiger partial charge in [-0.1, -0.05) is 29.3 Å². The van der Waals surface area contributed by atoms with Crippen molar-refractivity contribution in [3.05, 3.63) is 27.7 Å². The number of nitrogens with zero attached hydrogens (tertiary/aromatic N) is 2. The van der Waals surface area contributed by atoms with Crippen LogP contribution in [0.1, 0.15) is 12.0 Å². The number of likely N-dealkylation sites (N-methyl/N-ethyl adjacent to an activating group) is 1. The Kier molecular flexibility index (Phi) is 5.34. The predicted molar refractivity (Wildman–Crippen MR) is 80.4 cm³/mol. The molecule has 0 aromatic heterocycles. The third-order valence-electron chi connectivity index (χ3n) is 3.66. The van der Waals surface area contributed by atoms with Gasteiger partial charge >= 0.3 is 0 Å². The fourth-order valence-electron chi connectivity index (χ4n) is 2.34. The third-order valence-corrected chi connectivity index (χ3v) is 4.57. The molecule has 1 aliphatic heterocycles. The molecule has 0 atom stereocenters. The van der Waals surface area contributed by atoms with Crippen molar-refractivity contribution in [1.29, 1.82) is 0 Å². The summed E-state index contributed by atoms with van der Waals surface area (Å²) < 4.78 is 0. The summed E-state index contributed by atoms with van der Waals surface area (Å²) in [5.74, 6) is 0.0504. The van der Waals surface area contributed by atoms with Crippen LogP contribution in [-0.2, 0) is 6.42 Å². The lowest BCUT2D eigenvalue weighted by atomic mass is 10.1. The molecule has 1 fully saturated rings. The molecule has 0 aliphatic carbocycles. The molecule has 0 bridgehead atoms. The molecule has 2 rings (SSSR count). The number of hydrogen-bond donors (Lipinski definition) is 1. The summed E-state index contributed by atoms with van der Waals surface area (Å²) in [5.41, 5.74) is 1.01. The van der Waals surface area contributed by atoms with Gasteiger partial charge in [0, 0.05) is 26.2 Å². The first-order valence-electron chi connectivity index (χ1n) is 6.64. The van der Waals surface area contributed by atoms with Crippen molar-refractivity contribution >= 4 is 23.2 Å². The Morgan fingerprint density at radius 1 is 1.11 bits per heavy atom. The van der Waals surface area contributed by atoms with Gasteiger partial charge in [0.05, 0.1) is 5.02 Å². The van der Waals surface area contributed by atoms with Gasteiger partial charge in [-0.25, -0.2) is 0 Å². The lowest BCUT2D eigenvalue weighted by Crippen LogP contribution is -2.44. The van der Waals surface area contributed by atoms with E-state index in [0.717, 1.165) is 51.1 Å². The van der Waals surface area contributed by atoms with Crippen LogP contribution >= 0.6 is 23.2 Å². The Morgan fingerprint density at radius 3 is 2.47 bits per heavy atom. The number of phenols is 1. The topological polar surface area (TPSA) is 26.7 Å². The van der Waals surface area contributed by atoms with Gasteiger partial charge < -0.3 is 14.9 Å². The van der Waals surface area contributed by atoms with Crippen LogP contribution in [0.2, 0.25) is 10.0 Å². The largest absolute Gasteiger partial charge is 0.506 e. The SMILES string of the molecule is CN1CCN(CCCc2ccc(O)c(Cl)c2Cl)CC1. The average Bonchev–Trinajstić information content (AvgIpc) is 2.41. The van der Waals surface area contributed by atoms with Gasteiger partial charge in [0.15, 0.2) is 0 Å². The van der Waals surface area contributed by atoms with Crippen molar-refractivity contribution in [2.75, 3.05) is 39.8 Å². The molecule has 19 heavy (non-hydrogen) atoms. The van der Waals surface area contributed by atoms with E-state index in [9.17, 15) is 5.11 Å². The fourth-order valence-corrected chi connectivity index (χ4v) is 2.78. The van der Waals surface area contributed by atoms with E-state index in [4.69, 9.17) is 23.2 Å². The van der Waals surface area contributed by atoms with Crippen LogP contribution in [0, 0.1) is 0 Å². The van der Waals surface area contributed by atoms with Crippen molar-refractivity contribution in [2.45, 2.75) is 12.8 Å². The summed E-state index contributed by atoms with van der Waals surface area (Å²) in [6.45, 7) is 5.65. The molecular formula is C14H20Cl2N2O. The Morgan fingerprint density at radius 2 is 1.79 bits per heavy atom. The molecular weight excluding hydrogens is 283 g/mol.